The van der Waals surface area contributed by atoms with E-state index in [0.717, 1.165) is 36.0 Å². The first kappa shape index (κ1) is 23.0. The topological polar surface area (TPSA) is 46.2 Å². The molecule has 0 fully saturated rings. The number of rotatable bonds is 15. The first-order valence-electron chi connectivity index (χ1n) is 10.9. The van der Waals surface area contributed by atoms with E-state index in [1.807, 2.05) is 0 Å². The lowest BCUT2D eigenvalue weighted by Gasteiger charge is -2.39. The van der Waals surface area contributed by atoms with Crippen LogP contribution < -0.4 is 5.73 Å². The van der Waals surface area contributed by atoms with Gasteiger partial charge in [-0.05, 0) is 42.9 Å². The highest BCUT2D eigenvalue weighted by atomic mass is 16.3. The van der Waals surface area contributed by atoms with Gasteiger partial charge in [0.05, 0.1) is 26.2 Å². The summed E-state index contributed by atoms with van der Waals surface area (Å²) in [5, 5.41) is 9.39. The number of nitrogens with two attached hydrogens (primary N) is 1. The smallest absolute Gasteiger partial charge is 0.0827 e. The van der Waals surface area contributed by atoms with Gasteiger partial charge in [0.15, 0.2) is 0 Å². The Morgan fingerprint density at radius 1 is 0.808 bits per heavy atom. The summed E-state index contributed by atoms with van der Waals surface area (Å²) >= 11 is 0. The van der Waals surface area contributed by atoms with E-state index in [0.29, 0.717) is 6.61 Å². The van der Waals surface area contributed by atoms with Gasteiger partial charge in [-0.2, -0.15) is 0 Å². The molecule has 150 valence electrons. The lowest BCUT2D eigenvalue weighted by Crippen LogP contribution is -2.51. The maximum Gasteiger partial charge on any atom is 0.0827 e. The van der Waals surface area contributed by atoms with Crippen molar-refractivity contribution in [2.75, 3.05) is 38.5 Å². The van der Waals surface area contributed by atoms with E-state index in [1.54, 1.807) is 0 Å². The second kappa shape index (κ2) is 13.2. The van der Waals surface area contributed by atoms with E-state index in [2.05, 4.69) is 39.0 Å². The molecule has 0 saturated heterocycles. The number of aryl methyl sites for hydroxylation is 1. The molecule has 0 atom stereocenters. The number of quaternary nitrogens is 1. The summed E-state index contributed by atoms with van der Waals surface area (Å²) in [6.45, 7) is 11.9. The fourth-order valence-electron chi connectivity index (χ4n) is 3.83. The lowest BCUT2D eigenvalue weighted by atomic mass is 10.0. The molecule has 0 aliphatic rings. The van der Waals surface area contributed by atoms with Crippen LogP contribution in [0.5, 0.6) is 0 Å². The molecular weight excluding hydrogens is 320 g/mol. The summed E-state index contributed by atoms with van der Waals surface area (Å²) in [6, 6.07) is 6.65. The van der Waals surface area contributed by atoms with Crippen molar-refractivity contribution in [3.05, 3.63) is 29.3 Å². The van der Waals surface area contributed by atoms with Crippen molar-refractivity contribution in [2.45, 2.75) is 78.6 Å². The maximum absolute atomic E-state index is 9.39. The van der Waals surface area contributed by atoms with Crippen LogP contribution >= 0.6 is 0 Å². The Morgan fingerprint density at radius 2 is 1.42 bits per heavy atom. The number of nitrogens with zero attached hydrogens (tertiary/aromatic N) is 1. The Hall–Kier alpha value is -1.06. The number of benzene rings is 1. The SMILES string of the molecule is CCCCc1cc(CC[N+](CCCC)(CCCC)CCCO)ccc1N. The molecule has 3 heteroatoms. The Balaban J connectivity index is 2.85. The predicted octanol–water partition coefficient (Wildman–Crippen LogP) is 4.95. The Labute approximate surface area is 162 Å². The first-order chi connectivity index (χ1) is 12.6. The van der Waals surface area contributed by atoms with Gasteiger partial charge in [0.2, 0.25) is 0 Å². The third-order valence-electron chi connectivity index (χ3n) is 5.64. The molecule has 0 aromatic heterocycles. The van der Waals surface area contributed by atoms with E-state index < -0.39 is 0 Å². The summed E-state index contributed by atoms with van der Waals surface area (Å²) in [5.41, 5.74) is 9.86. The molecule has 3 N–H and O–H groups in total. The summed E-state index contributed by atoms with van der Waals surface area (Å²) < 4.78 is 1.16. The lowest BCUT2D eigenvalue weighted by molar-refractivity contribution is -0.928. The monoisotopic (exact) mass is 363 g/mol. The number of anilines is 1. The molecule has 0 saturated carbocycles. The average molecular weight is 364 g/mol. The minimum Gasteiger partial charge on any atom is -0.399 e. The van der Waals surface area contributed by atoms with Crippen molar-refractivity contribution in [2.24, 2.45) is 0 Å². The fraction of sp³-hybridized carbons (Fsp3) is 0.739. The standard InChI is InChI=1S/C23H43N2O/c1-4-7-11-22-20-21(12-13-23(22)24)14-18-25(15-8-5-2,16-9-6-3)17-10-19-26/h12-13,20,26H,4-11,14-19,24H2,1-3H3/q+1. The van der Waals surface area contributed by atoms with Gasteiger partial charge in [-0.15, -0.1) is 0 Å². The first-order valence-corrected chi connectivity index (χ1v) is 10.9. The van der Waals surface area contributed by atoms with Crippen LogP contribution in [0.4, 0.5) is 5.69 Å². The third kappa shape index (κ3) is 8.09. The van der Waals surface area contributed by atoms with Gasteiger partial charge in [-0.1, -0.05) is 52.2 Å². The van der Waals surface area contributed by atoms with Crippen LogP contribution in [0.25, 0.3) is 0 Å². The molecule has 0 bridgehead atoms. The highest BCUT2D eigenvalue weighted by Crippen LogP contribution is 2.20. The van der Waals surface area contributed by atoms with Crippen molar-refractivity contribution < 1.29 is 9.59 Å². The molecule has 0 amide bonds. The van der Waals surface area contributed by atoms with Crippen LogP contribution in [0.2, 0.25) is 0 Å². The van der Waals surface area contributed by atoms with Crippen molar-refractivity contribution in [3.8, 4) is 0 Å². The quantitative estimate of drug-likeness (QED) is 0.342. The Bertz CT molecular complexity index is 465. The Morgan fingerprint density at radius 3 is 2.00 bits per heavy atom. The zero-order valence-corrected chi connectivity index (χ0v) is 17.6. The number of hydrogen-bond acceptors (Lipinski definition) is 2. The molecule has 26 heavy (non-hydrogen) atoms. The summed E-state index contributed by atoms with van der Waals surface area (Å²) in [5.74, 6) is 0. The second-order valence-electron chi connectivity index (χ2n) is 7.91. The molecule has 0 radical (unpaired) electrons. The van der Waals surface area contributed by atoms with Crippen LogP contribution in [0, 0.1) is 0 Å². The van der Waals surface area contributed by atoms with Crippen molar-refractivity contribution in [1.29, 1.82) is 0 Å². The van der Waals surface area contributed by atoms with Crippen LogP contribution in [0.3, 0.4) is 0 Å². The molecule has 0 spiro atoms. The summed E-state index contributed by atoms with van der Waals surface area (Å²) in [6.07, 6.45) is 10.6. The largest absolute Gasteiger partial charge is 0.399 e. The van der Waals surface area contributed by atoms with Gasteiger partial charge in [0, 0.05) is 25.1 Å². The van der Waals surface area contributed by atoms with E-state index in [9.17, 15) is 5.11 Å². The van der Waals surface area contributed by atoms with E-state index in [1.165, 1.54) is 69.3 Å². The number of hydrogen-bond donors (Lipinski definition) is 2. The minimum atomic E-state index is 0.307. The number of aliphatic hydroxyl groups is 1. The molecule has 3 nitrogen and oxygen atoms in total. The molecule has 1 aromatic carbocycles. The van der Waals surface area contributed by atoms with Crippen molar-refractivity contribution in [1.82, 2.24) is 0 Å². The average Bonchev–Trinajstić information content (AvgIpc) is 2.66. The van der Waals surface area contributed by atoms with Crippen LogP contribution in [-0.4, -0.2) is 42.4 Å². The Kier molecular flexibility index (Phi) is 11.6. The minimum absolute atomic E-state index is 0.307. The highest BCUT2D eigenvalue weighted by Gasteiger charge is 2.25. The normalized spacial score (nSPS) is 11.8. The zero-order valence-electron chi connectivity index (χ0n) is 17.6. The van der Waals surface area contributed by atoms with Gasteiger partial charge in [-0.3, -0.25) is 0 Å². The molecule has 1 rings (SSSR count). The van der Waals surface area contributed by atoms with Crippen LogP contribution in [-0.2, 0) is 12.8 Å². The second-order valence-corrected chi connectivity index (χ2v) is 7.91. The van der Waals surface area contributed by atoms with Gasteiger partial charge in [0.1, 0.15) is 0 Å². The fourth-order valence-corrected chi connectivity index (χ4v) is 3.83. The maximum atomic E-state index is 9.39. The molecule has 0 aliphatic heterocycles. The van der Waals surface area contributed by atoms with Crippen LogP contribution in [0.15, 0.2) is 18.2 Å². The van der Waals surface area contributed by atoms with Gasteiger partial charge < -0.3 is 15.3 Å². The summed E-state index contributed by atoms with van der Waals surface area (Å²) in [7, 11) is 0. The van der Waals surface area contributed by atoms with Crippen molar-refractivity contribution >= 4 is 5.69 Å². The molecule has 0 aliphatic carbocycles. The van der Waals surface area contributed by atoms with Gasteiger partial charge in [0.25, 0.3) is 0 Å². The molecule has 0 heterocycles. The van der Waals surface area contributed by atoms with E-state index in [4.69, 9.17) is 5.73 Å². The predicted molar refractivity (Wildman–Crippen MR) is 114 cm³/mol. The summed E-state index contributed by atoms with van der Waals surface area (Å²) in [4.78, 5) is 0. The van der Waals surface area contributed by atoms with E-state index >= 15 is 0 Å². The molecular formula is C23H43N2O+. The number of aliphatic hydroxyl groups excluding tert-OH is 1. The third-order valence-corrected chi connectivity index (χ3v) is 5.64. The van der Waals surface area contributed by atoms with E-state index in [-0.39, 0.29) is 0 Å². The molecule has 1 aromatic rings. The number of nitrogen functional groups attached to an aromatic ring is 1. The zero-order chi connectivity index (χ0) is 19.3. The highest BCUT2D eigenvalue weighted by molar-refractivity contribution is 5.48. The molecule has 0 unspecified atom stereocenters. The van der Waals surface area contributed by atoms with Crippen LogP contribution in [0.1, 0.15) is 76.8 Å². The van der Waals surface area contributed by atoms with Gasteiger partial charge in [-0.25, -0.2) is 0 Å². The number of unbranched alkanes of at least 4 members (excludes halogenated alkanes) is 3. The van der Waals surface area contributed by atoms with Gasteiger partial charge >= 0.3 is 0 Å². The van der Waals surface area contributed by atoms with Crippen molar-refractivity contribution in [3.63, 3.8) is 0 Å².